The van der Waals surface area contributed by atoms with E-state index in [0.717, 1.165) is 5.56 Å². The summed E-state index contributed by atoms with van der Waals surface area (Å²) in [5.74, 6) is 0.475. The van der Waals surface area contributed by atoms with E-state index >= 15 is 0 Å². The zero-order valence-corrected chi connectivity index (χ0v) is 20.1. The van der Waals surface area contributed by atoms with Gasteiger partial charge in [0, 0.05) is 12.6 Å². The van der Waals surface area contributed by atoms with Crippen molar-refractivity contribution in [3.05, 3.63) is 72.1 Å². The molecule has 0 aliphatic heterocycles. The van der Waals surface area contributed by atoms with Gasteiger partial charge in [0.05, 0.1) is 18.4 Å². The summed E-state index contributed by atoms with van der Waals surface area (Å²) < 4.78 is 16.6. The zero-order valence-electron chi connectivity index (χ0n) is 20.1. The number of hydrogen-bond acceptors (Lipinski definition) is 7. The molecule has 0 radical (unpaired) electrons. The SMILES string of the molecule is COc1ccccc1-c1nccc(COc2ccccc2C[C@@H](NC(=O)OC(C)(C)C)C(=O)O)n1. The quantitative estimate of drug-likeness (QED) is 0.467. The number of hydrogen-bond donors (Lipinski definition) is 2. The van der Waals surface area contributed by atoms with Crippen LogP contribution in [0.1, 0.15) is 32.0 Å². The minimum Gasteiger partial charge on any atom is -0.496 e. The van der Waals surface area contributed by atoms with Gasteiger partial charge in [-0.15, -0.1) is 0 Å². The summed E-state index contributed by atoms with van der Waals surface area (Å²) in [6.07, 6.45) is 0.860. The second-order valence-corrected chi connectivity index (χ2v) is 8.71. The lowest BCUT2D eigenvalue weighted by Crippen LogP contribution is -2.44. The highest BCUT2D eigenvalue weighted by molar-refractivity contribution is 5.80. The summed E-state index contributed by atoms with van der Waals surface area (Å²) in [4.78, 5) is 32.8. The van der Waals surface area contributed by atoms with Crippen LogP contribution >= 0.6 is 0 Å². The normalized spacial score (nSPS) is 11.9. The van der Waals surface area contributed by atoms with Gasteiger partial charge in [-0.05, 0) is 50.6 Å². The summed E-state index contributed by atoms with van der Waals surface area (Å²) in [6.45, 7) is 5.26. The van der Waals surface area contributed by atoms with Gasteiger partial charge < -0.3 is 24.6 Å². The van der Waals surface area contributed by atoms with Crippen LogP contribution < -0.4 is 14.8 Å². The molecule has 1 amide bonds. The van der Waals surface area contributed by atoms with Gasteiger partial charge >= 0.3 is 12.1 Å². The average molecular weight is 480 g/mol. The molecule has 3 rings (SSSR count). The number of rotatable bonds is 9. The number of amides is 1. The van der Waals surface area contributed by atoms with Crippen LogP contribution in [-0.2, 0) is 22.6 Å². The lowest BCUT2D eigenvalue weighted by Gasteiger charge is -2.22. The molecule has 0 saturated carbocycles. The fourth-order valence-electron chi connectivity index (χ4n) is 3.27. The van der Waals surface area contributed by atoms with E-state index in [1.807, 2.05) is 24.3 Å². The fraction of sp³-hybridized carbons (Fsp3) is 0.308. The van der Waals surface area contributed by atoms with E-state index in [9.17, 15) is 14.7 Å². The maximum atomic E-state index is 12.1. The summed E-state index contributed by atoms with van der Waals surface area (Å²) in [5, 5.41) is 12.0. The Balaban J connectivity index is 1.73. The highest BCUT2D eigenvalue weighted by Gasteiger charge is 2.25. The topological polar surface area (TPSA) is 120 Å². The molecule has 9 nitrogen and oxygen atoms in total. The van der Waals surface area contributed by atoms with E-state index in [0.29, 0.717) is 28.6 Å². The number of carboxylic acid groups (broad SMARTS) is 1. The van der Waals surface area contributed by atoms with Gasteiger partial charge in [0.1, 0.15) is 29.7 Å². The van der Waals surface area contributed by atoms with Crippen LogP contribution in [0.15, 0.2) is 60.8 Å². The number of carboxylic acids is 1. The standard InChI is InChI=1S/C26H29N3O6/c1-26(2,3)35-25(32)29-20(24(30)31)15-17-9-5-7-11-21(17)34-16-18-13-14-27-23(28-18)19-10-6-8-12-22(19)33-4/h5-14,20H,15-16H2,1-4H3,(H,29,32)(H,30,31)/t20-/m1/s1. The van der Waals surface area contributed by atoms with Crippen molar-refractivity contribution < 1.29 is 28.9 Å². The molecule has 9 heteroatoms. The highest BCUT2D eigenvalue weighted by Crippen LogP contribution is 2.27. The predicted molar refractivity (Wildman–Crippen MR) is 129 cm³/mol. The highest BCUT2D eigenvalue weighted by atomic mass is 16.6. The summed E-state index contributed by atoms with van der Waals surface area (Å²) in [6, 6.07) is 15.1. The minimum atomic E-state index is -1.19. The predicted octanol–water partition coefficient (Wildman–Crippen LogP) is 4.25. The van der Waals surface area contributed by atoms with Crippen LogP contribution in [0.25, 0.3) is 11.4 Å². The largest absolute Gasteiger partial charge is 0.496 e. The van der Waals surface area contributed by atoms with Crippen molar-refractivity contribution >= 4 is 12.1 Å². The smallest absolute Gasteiger partial charge is 0.408 e. The Morgan fingerprint density at radius 3 is 2.40 bits per heavy atom. The maximum Gasteiger partial charge on any atom is 0.408 e. The molecule has 0 fully saturated rings. The number of carbonyl (C=O) groups excluding carboxylic acids is 1. The molecule has 0 aliphatic carbocycles. The molecule has 0 bridgehead atoms. The Morgan fingerprint density at radius 1 is 1.03 bits per heavy atom. The van der Waals surface area contributed by atoms with Gasteiger partial charge in [-0.3, -0.25) is 0 Å². The Hall–Kier alpha value is -4.14. The van der Waals surface area contributed by atoms with Crippen molar-refractivity contribution in [3.63, 3.8) is 0 Å². The van der Waals surface area contributed by atoms with Crippen molar-refractivity contribution in [2.75, 3.05) is 7.11 Å². The third-order valence-corrected chi connectivity index (χ3v) is 4.82. The van der Waals surface area contributed by atoms with Gasteiger partial charge in [-0.1, -0.05) is 30.3 Å². The molecule has 3 aromatic rings. The fourth-order valence-corrected chi connectivity index (χ4v) is 3.27. The van der Waals surface area contributed by atoms with Crippen molar-refractivity contribution in [3.8, 4) is 22.9 Å². The van der Waals surface area contributed by atoms with Crippen LogP contribution in [0.4, 0.5) is 4.79 Å². The van der Waals surface area contributed by atoms with Crippen molar-refractivity contribution in [1.82, 2.24) is 15.3 Å². The first-order chi connectivity index (χ1) is 16.7. The molecule has 0 spiro atoms. The first kappa shape index (κ1) is 25.5. The molecule has 2 aromatic carbocycles. The number of carbonyl (C=O) groups is 2. The van der Waals surface area contributed by atoms with Crippen LogP contribution in [0.2, 0.25) is 0 Å². The van der Waals surface area contributed by atoms with Gasteiger partial charge in [-0.2, -0.15) is 0 Å². The summed E-state index contributed by atoms with van der Waals surface area (Å²) >= 11 is 0. The second kappa shape index (κ2) is 11.3. The van der Waals surface area contributed by atoms with E-state index in [2.05, 4.69) is 15.3 Å². The van der Waals surface area contributed by atoms with Crippen LogP contribution in [-0.4, -0.2) is 45.9 Å². The van der Waals surface area contributed by atoms with Gasteiger partial charge in [0.15, 0.2) is 5.82 Å². The minimum absolute atomic E-state index is 0.0149. The molecule has 0 saturated heterocycles. The Bertz CT molecular complexity index is 1180. The molecular weight excluding hydrogens is 450 g/mol. The summed E-state index contributed by atoms with van der Waals surface area (Å²) in [5.41, 5.74) is 1.27. The lowest BCUT2D eigenvalue weighted by molar-refractivity contribution is -0.139. The molecule has 1 atom stereocenters. The molecule has 35 heavy (non-hydrogen) atoms. The molecule has 1 heterocycles. The third-order valence-electron chi connectivity index (χ3n) is 4.82. The maximum absolute atomic E-state index is 12.1. The Morgan fingerprint density at radius 2 is 1.71 bits per heavy atom. The van der Waals surface area contributed by atoms with Gasteiger partial charge in [-0.25, -0.2) is 19.6 Å². The van der Waals surface area contributed by atoms with Crippen LogP contribution in [0, 0.1) is 0 Å². The molecule has 184 valence electrons. The number of nitrogens with zero attached hydrogens (tertiary/aromatic N) is 2. The van der Waals surface area contributed by atoms with E-state index in [1.165, 1.54) is 0 Å². The zero-order chi connectivity index (χ0) is 25.4. The van der Waals surface area contributed by atoms with Crippen molar-refractivity contribution in [2.24, 2.45) is 0 Å². The van der Waals surface area contributed by atoms with E-state index in [1.54, 1.807) is 64.4 Å². The number of alkyl carbamates (subject to hydrolysis) is 1. The molecule has 0 unspecified atom stereocenters. The first-order valence-corrected chi connectivity index (χ1v) is 11.0. The van der Waals surface area contributed by atoms with E-state index in [-0.39, 0.29) is 13.0 Å². The Kier molecular flexibility index (Phi) is 8.25. The summed E-state index contributed by atoms with van der Waals surface area (Å²) in [7, 11) is 1.59. The Labute approximate surface area is 204 Å². The number of methoxy groups -OCH3 is 1. The number of aromatic nitrogens is 2. The van der Waals surface area contributed by atoms with Crippen molar-refractivity contribution in [1.29, 1.82) is 0 Å². The number of para-hydroxylation sites is 2. The van der Waals surface area contributed by atoms with Crippen LogP contribution in [0.5, 0.6) is 11.5 Å². The average Bonchev–Trinajstić information content (AvgIpc) is 2.82. The molecular formula is C26H29N3O6. The lowest BCUT2D eigenvalue weighted by atomic mass is 10.0. The van der Waals surface area contributed by atoms with Crippen LogP contribution in [0.3, 0.4) is 0 Å². The second-order valence-electron chi connectivity index (χ2n) is 8.71. The first-order valence-electron chi connectivity index (χ1n) is 11.0. The number of aliphatic carboxylic acids is 1. The van der Waals surface area contributed by atoms with Gasteiger partial charge in [0.2, 0.25) is 0 Å². The molecule has 2 N–H and O–H groups in total. The van der Waals surface area contributed by atoms with Gasteiger partial charge in [0.25, 0.3) is 0 Å². The van der Waals surface area contributed by atoms with E-state index < -0.39 is 23.7 Å². The number of nitrogens with one attached hydrogen (secondary N) is 1. The molecule has 0 aliphatic rings. The van der Waals surface area contributed by atoms with E-state index in [4.69, 9.17) is 14.2 Å². The monoisotopic (exact) mass is 479 g/mol. The number of ether oxygens (including phenoxy) is 3. The third kappa shape index (κ3) is 7.43. The number of benzene rings is 2. The molecule has 1 aromatic heterocycles. The van der Waals surface area contributed by atoms with Crippen molar-refractivity contribution in [2.45, 2.75) is 45.4 Å².